The third-order valence-electron chi connectivity index (χ3n) is 4.72. The van der Waals surface area contributed by atoms with Crippen LogP contribution < -0.4 is 15.7 Å². The number of nitrogens with zero attached hydrogens (tertiary/aromatic N) is 2. The number of carbonyl (C=O) groups excluding carboxylic acids is 1. The van der Waals surface area contributed by atoms with Gasteiger partial charge in [-0.1, -0.05) is 11.3 Å². The van der Waals surface area contributed by atoms with Crippen LogP contribution in [0, 0.1) is 6.92 Å². The monoisotopic (exact) mass is 401 g/mol. The molecule has 1 N–H and O–H groups in total. The molecule has 0 aliphatic carbocycles. The van der Waals surface area contributed by atoms with Crippen LogP contribution in [-0.4, -0.2) is 29.8 Å². The Morgan fingerprint density at radius 1 is 1.39 bits per heavy atom. The molecule has 9 heteroatoms. The summed E-state index contributed by atoms with van der Waals surface area (Å²) in [4.78, 5) is 24.8. The number of rotatable bonds is 5. The standard InChI is InChI=1S/C19H19N3O5S/c1-10-12-6-5-11(25-2)8-15(12)27-18(24)13(10)9-16(23)20-19-22-21-17(28-19)14-4-3-7-26-14/h5-6,8,14H,3-4,7,9H2,1-2H3,(H,20,22,23)/t14-/m0/s1. The minimum atomic E-state index is -0.536. The summed E-state index contributed by atoms with van der Waals surface area (Å²) >= 11 is 1.29. The Kier molecular flexibility index (Phi) is 5.10. The molecular weight excluding hydrogens is 382 g/mol. The smallest absolute Gasteiger partial charge is 0.340 e. The van der Waals surface area contributed by atoms with Crippen molar-refractivity contribution in [1.29, 1.82) is 0 Å². The lowest BCUT2D eigenvalue weighted by molar-refractivity contribution is -0.115. The number of methoxy groups -OCH3 is 1. The van der Waals surface area contributed by atoms with Gasteiger partial charge < -0.3 is 19.2 Å². The molecular formula is C19H19N3O5S. The second kappa shape index (κ2) is 7.69. The summed E-state index contributed by atoms with van der Waals surface area (Å²) in [6, 6.07) is 5.25. The molecule has 1 fully saturated rings. The number of benzene rings is 1. The first kappa shape index (κ1) is 18.6. The second-order valence-electron chi connectivity index (χ2n) is 6.53. The molecule has 1 amide bonds. The molecule has 0 radical (unpaired) electrons. The quantitative estimate of drug-likeness (QED) is 0.656. The highest BCUT2D eigenvalue weighted by Crippen LogP contribution is 2.32. The average molecular weight is 401 g/mol. The predicted octanol–water partition coefficient (Wildman–Crippen LogP) is 2.99. The van der Waals surface area contributed by atoms with E-state index in [1.54, 1.807) is 26.2 Å². The van der Waals surface area contributed by atoms with Crippen molar-refractivity contribution in [1.82, 2.24) is 10.2 Å². The Hall–Kier alpha value is -2.78. The number of hydrogen-bond donors (Lipinski definition) is 1. The first-order valence-electron chi connectivity index (χ1n) is 8.90. The van der Waals surface area contributed by atoms with Gasteiger partial charge in [0.1, 0.15) is 22.4 Å². The zero-order valence-corrected chi connectivity index (χ0v) is 16.3. The van der Waals surface area contributed by atoms with Gasteiger partial charge in [0.2, 0.25) is 11.0 Å². The minimum absolute atomic E-state index is 0.0464. The molecule has 1 aliphatic heterocycles. The van der Waals surface area contributed by atoms with Gasteiger partial charge in [-0.25, -0.2) is 4.79 Å². The van der Waals surface area contributed by atoms with Crippen molar-refractivity contribution in [2.24, 2.45) is 0 Å². The highest BCUT2D eigenvalue weighted by molar-refractivity contribution is 7.15. The van der Waals surface area contributed by atoms with Gasteiger partial charge in [-0.2, -0.15) is 0 Å². The number of fused-ring (bicyclic) bond motifs is 1. The van der Waals surface area contributed by atoms with Crippen molar-refractivity contribution in [3.63, 3.8) is 0 Å². The summed E-state index contributed by atoms with van der Waals surface area (Å²) in [6.07, 6.45) is 1.75. The van der Waals surface area contributed by atoms with E-state index in [4.69, 9.17) is 13.9 Å². The highest BCUT2D eigenvalue weighted by atomic mass is 32.1. The number of nitrogens with one attached hydrogen (secondary N) is 1. The van der Waals surface area contributed by atoms with E-state index in [2.05, 4.69) is 15.5 Å². The van der Waals surface area contributed by atoms with Crippen LogP contribution in [0.3, 0.4) is 0 Å². The molecule has 1 saturated heterocycles. The van der Waals surface area contributed by atoms with E-state index in [0.717, 1.165) is 29.8 Å². The highest BCUT2D eigenvalue weighted by Gasteiger charge is 2.23. The van der Waals surface area contributed by atoms with Gasteiger partial charge in [-0.3, -0.25) is 4.79 Å². The zero-order valence-electron chi connectivity index (χ0n) is 15.5. The maximum Gasteiger partial charge on any atom is 0.340 e. The molecule has 3 heterocycles. The number of aromatic nitrogens is 2. The van der Waals surface area contributed by atoms with Gasteiger partial charge in [0.15, 0.2) is 0 Å². The number of anilines is 1. The topological polar surface area (TPSA) is 104 Å². The molecule has 0 unspecified atom stereocenters. The predicted molar refractivity (Wildman–Crippen MR) is 104 cm³/mol. The van der Waals surface area contributed by atoms with E-state index in [1.165, 1.54) is 11.3 Å². The Morgan fingerprint density at radius 2 is 2.25 bits per heavy atom. The lowest BCUT2D eigenvalue weighted by Gasteiger charge is -2.08. The molecule has 4 rings (SSSR count). The second-order valence-corrected chi connectivity index (χ2v) is 7.54. The van der Waals surface area contributed by atoms with Crippen LogP contribution in [0.1, 0.15) is 35.1 Å². The normalized spacial score (nSPS) is 16.4. The molecule has 1 aromatic carbocycles. The maximum absolute atomic E-state index is 12.4. The molecule has 146 valence electrons. The van der Waals surface area contributed by atoms with Crippen molar-refractivity contribution < 1.29 is 18.7 Å². The largest absolute Gasteiger partial charge is 0.497 e. The van der Waals surface area contributed by atoms with Gasteiger partial charge >= 0.3 is 5.63 Å². The fourth-order valence-corrected chi connectivity index (χ4v) is 4.06. The van der Waals surface area contributed by atoms with Gasteiger partial charge in [-0.05, 0) is 37.5 Å². The molecule has 0 bridgehead atoms. The molecule has 1 atom stereocenters. The van der Waals surface area contributed by atoms with Crippen LogP contribution in [-0.2, 0) is 16.0 Å². The minimum Gasteiger partial charge on any atom is -0.497 e. The Bertz CT molecular complexity index is 1080. The molecule has 0 spiro atoms. The van der Waals surface area contributed by atoms with Crippen molar-refractivity contribution in [3.05, 3.63) is 44.8 Å². The third-order valence-corrected chi connectivity index (χ3v) is 5.65. The Labute approximate surface area is 164 Å². The van der Waals surface area contributed by atoms with E-state index in [-0.39, 0.29) is 18.4 Å². The van der Waals surface area contributed by atoms with Crippen LogP contribution >= 0.6 is 11.3 Å². The van der Waals surface area contributed by atoms with Gasteiger partial charge in [0.25, 0.3) is 0 Å². The number of aryl methyl sites for hydroxylation is 1. The molecule has 2 aromatic heterocycles. The number of ether oxygens (including phenoxy) is 2. The average Bonchev–Trinajstić information content (AvgIpc) is 3.36. The van der Waals surface area contributed by atoms with Crippen LogP contribution in [0.4, 0.5) is 5.13 Å². The lowest BCUT2D eigenvalue weighted by atomic mass is 10.0. The number of amides is 1. The fourth-order valence-electron chi connectivity index (χ4n) is 3.22. The Balaban J connectivity index is 1.52. The molecule has 3 aromatic rings. The van der Waals surface area contributed by atoms with Crippen LogP contribution in [0.5, 0.6) is 5.75 Å². The summed E-state index contributed by atoms with van der Waals surface area (Å²) in [5.74, 6) is 0.247. The van der Waals surface area contributed by atoms with E-state index in [9.17, 15) is 9.59 Å². The van der Waals surface area contributed by atoms with E-state index < -0.39 is 5.63 Å². The third kappa shape index (κ3) is 3.63. The number of carbonyl (C=O) groups is 1. The van der Waals surface area contributed by atoms with E-state index in [0.29, 0.717) is 27.6 Å². The van der Waals surface area contributed by atoms with E-state index >= 15 is 0 Å². The maximum atomic E-state index is 12.4. The summed E-state index contributed by atoms with van der Waals surface area (Å²) in [6.45, 7) is 2.52. The summed E-state index contributed by atoms with van der Waals surface area (Å²) in [7, 11) is 1.54. The van der Waals surface area contributed by atoms with Crippen molar-refractivity contribution in [3.8, 4) is 5.75 Å². The molecule has 28 heavy (non-hydrogen) atoms. The van der Waals surface area contributed by atoms with Crippen molar-refractivity contribution in [2.45, 2.75) is 32.3 Å². The zero-order chi connectivity index (χ0) is 19.7. The van der Waals surface area contributed by atoms with Gasteiger partial charge in [-0.15, -0.1) is 10.2 Å². The number of hydrogen-bond acceptors (Lipinski definition) is 8. The molecule has 0 saturated carbocycles. The van der Waals surface area contributed by atoms with Gasteiger partial charge in [0, 0.05) is 18.1 Å². The fraction of sp³-hybridized carbons (Fsp3) is 0.368. The summed E-state index contributed by atoms with van der Waals surface area (Å²) in [5.41, 5.74) is 0.919. The van der Waals surface area contributed by atoms with Crippen molar-refractivity contribution >= 4 is 33.3 Å². The molecule has 8 nitrogen and oxygen atoms in total. The van der Waals surface area contributed by atoms with E-state index in [1.807, 2.05) is 6.07 Å². The Morgan fingerprint density at radius 3 is 3.00 bits per heavy atom. The van der Waals surface area contributed by atoms with Crippen LogP contribution in [0.25, 0.3) is 11.0 Å². The first-order chi connectivity index (χ1) is 13.5. The summed E-state index contributed by atoms with van der Waals surface area (Å²) < 4.78 is 16.1. The van der Waals surface area contributed by atoms with Crippen LogP contribution in [0.2, 0.25) is 0 Å². The molecule has 1 aliphatic rings. The SMILES string of the molecule is COc1ccc2c(C)c(CC(=O)Nc3nnc([C@@H]4CCCO4)s3)c(=O)oc2c1. The first-order valence-corrected chi connectivity index (χ1v) is 9.72. The van der Waals surface area contributed by atoms with Crippen molar-refractivity contribution in [2.75, 3.05) is 19.0 Å². The van der Waals surface area contributed by atoms with Crippen LogP contribution in [0.15, 0.2) is 27.4 Å². The summed E-state index contributed by atoms with van der Waals surface area (Å²) in [5, 5.41) is 12.7. The van der Waals surface area contributed by atoms with Gasteiger partial charge in [0.05, 0.1) is 19.1 Å². The lowest BCUT2D eigenvalue weighted by Crippen LogP contribution is -2.20.